The lowest BCUT2D eigenvalue weighted by molar-refractivity contribution is -0.160. The van der Waals surface area contributed by atoms with E-state index >= 15 is 0 Å². The maximum absolute atomic E-state index is 14.8. The molecular formula is C25H15ClF4N2O3. The van der Waals surface area contributed by atoms with Gasteiger partial charge in [-0.25, -0.2) is 9.18 Å². The number of pyridine rings is 1. The van der Waals surface area contributed by atoms with E-state index in [-0.39, 0.29) is 56.7 Å². The van der Waals surface area contributed by atoms with Crippen molar-refractivity contribution in [1.29, 1.82) is 0 Å². The first-order chi connectivity index (χ1) is 16.5. The van der Waals surface area contributed by atoms with E-state index in [1.54, 1.807) is 0 Å². The minimum atomic E-state index is -4.56. The minimum Gasteiger partial charge on any atom is -0.478 e. The van der Waals surface area contributed by atoms with Gasteiger partial charge in [-0.15, -0.1) is 0 Å². The van der Waals surface area contributed by atoms with Crippen LogP contribution in [0.1, 0.15) is 39.1 Å². The van der Waals surface area contributed by atoms with Gasteiger partial charge in [0.15, 0.2) is 0 Å². The monoisotopic (exact) mass is 502 g/mol. The topological polar surface area (TPSA) is 72.2 Å². The lowest BCUT2D eigenvalue weighted by Crippen LogP contribution is -2.31. The zero-order valence-corrected chi connectivity index (χ0v) is 18.5. The number of benzene rings is 2. The van der Waals surface area contributed by atoms with Crippen LogP contribution in [0.3, 0.4) is 0 Å². The van der Waals surface area contributed by atoms with Crippen molar-refractivity contribution in [3.63, 3.8) is 0 Å². The van der Waals surface area contributed by atoms with E-state index < -0.39 is 29.3 Å². The van der Waals surface area contributed by atoms with E-state index in [1.807, 2.05) is 0 Å². The molecule has 0 unspecified atom stereocenters. The minimum absolute atomic E-state index is 0.0152. The van der Waals surface area contributed by atoms with Crippen LogP contribution in [-0.2, 0) is 5.41 Å². The summed E-state index contributed by atoms with van der Waals surface area (Å²) in [5.74, 6) is -2.97. The van der Waals surface area contributed by atoms with Gasteiger partial charge in [-0.3, -0.25) is 14.3 Å². The fourth-order valence-electron chi connectivity index (χ4n) is 4.38. The highest BCUT2D eigenvalue weighted by Gasteiger charge is 2.65. The molecule has 10 heteroatoms. The number of carbonyl (C=O) groups excluding carboxylic acids is 1. The third kappa shape index (κ3) is 3.58. The van der Waals surface area contributed by atoms with Gasteiger partial charge in [-0.1, -0.05) is 29.8 Å². The Hall–Kier alpha value is -3.72. The zero-order valence-electron chi connectivity index (χ0n) is 17.7. The van der Waals surface area contributed by atoms with Crippen molar-refractivity contribution in [3.8, 4) is 11.1 Å². The Balaban J connectivity index is 1.70. The number of halogens is 5. The molecule has 5 nitrogen and oxygen atoms in total. The Labute approximate surface area is 200 Å². The van der Waals surface area contributed by atoms with E-state index in [0.717, 1.165) is 10.6 Å². The summed E-state index contributed by atoms with van der Waals surface area (Å²) < 4.78 is 57.7. The molecule has 0 atom stereocenters. The first kappa shape index (κ1) is 23.0. The van der Waals surface area contributed by atoms with Crippen LogP contribution >= 0.6 is 11.6 Å². The molecular weight excluding hydrogens is 488 g/mol. The van der Waals surface area contributed by atoms with Crippen LogP contribution in [0.2, 0.25) is 5.02 Å². The highest BCUT2D eigenvalue weighted by Crippen LogP contribution is 2.60. The normalized spacial score (nSPS) is 14.8. The van der Waals surface area contributed by atoms with Gasteiger partial charge >= 0.3 is 12.1 Å². The van der Waals surface area contributed by atoms with E-state index in [9.17, 15) is 27.2 Å². The van der Waals surface area contributed by atoms with Crippen molar-refractivity contribution >= 4 is 34.5 Å². The number of carbonyl (C=O) groups is 2. The molecule has 2 heterocycles. The molecule has 1 aliphatic carbocycles. The molecule has 5 rings (SSSR count). The Morgan fingerprint density at radius 3 is 2.43 bits per heavy atom. The number of rotatable bonds is 4. The summed E-state index contributed by atoms with van der Waals surface area (Å²) in [5.41, 5.74) is -2.28. The predicted molar refractivity (Wildman–Crippen MR) is 120 cm³/mol. The number of alkyl halides is 3. The molecule has 2 aromatic carbocycles. The molecule has 1 fully saturated rings. The highest BCUT2D eigenvalue weighted by atomic mass is 35.5. The van der Waals surface area contributed by atoms with Crippen LogP contribution in [0.5, 0.6) is 0 Å². The average molecular weight is 503 g/mol. The van der Waals surface area contributed by atoms with Crippen LogP contribution in [0.15, 0.2) is 60.9 Å². The summed E-state index contributed by atoms with van der Waals surface area (Å²) in [4.78, 5) is 29.1. The van der Waals surface area contributed by atoms with Crippen molar-refractivity contribution in [3.05, 3.63) is 88.5 Å². The van der Waals surface area contributed by atoms with Crippen LogP contribution in [0.4, 0.5) is 17.6 Å². The smallest absolute Gasteiger partial charge is 0.398 e. The summed E-state index contributed by atoms with van der Waals surface area (Å²) >= 11 is 6.27. The van der Waals surface area contributed by atoms with Crippen LogP contribution < -0.4 is 0 Å². The third-order valence-electron chi connectivity index (χ3n) is 6.32. The molecule has 4 aromatic rings. The molecule has 2 aromatic heterocycles. The van der Waals surface area contributed by atoms with Gasteiger partial charge in [0.05, 0.1) is 32.6 Å². The molecule has 0 bridgehead atoms. The average Bonchev–Trinajstić information content (AvgIpc) is 3.55. The maximum atomic E-state index is 14.8. The first-order valence-corrected chi connectivity index (χ1v) is 10.8. The predicted octanol–water partition coefficient (Wildman–Crippen LogP) is 6.48. The number of nitrogens with zero attached hydrogens (tertiary/aromatic N) is 2. The van der Waals surface area contributed by atoms with Gasteiger partial charge in [0.2, 0.25) is 0 Å². The fraction of sp³-hybridized carbons (Fsp3) is 0.160. The highest BCUT2D eigenvalue weighted by molar-refractivity contribution is 6.34. The van der Waals surface area contributed by atoms with Gasteiger partial charge in [-0.05, 0) is 48.7 Å². The molecule has 0 saturated heterocycles. The molecule has 0 amide bonds. The van der Waals surface area contributed by atoms with E-state index in [4.69, 9.17) is 16.7 Å². The lowest BCUT2D eigenvalue weighted by atomic mass is 9.90. The molecule has 1 aliphatic rings. The Kier molecular flexibility index (Phi) is 5.21. The third-order valence-corrected chi connectivity index (χ3v) is 6.63. The largest absolute Gasteiger partial charge is 0.478 e. The Morgan fingerprint density at radius 1 is 1.06 bits per heavy atom. The second-order valence-electron chi connectivity index (χ2n) is 8.33. The van der Waals surface area contributed by atoms with Crippen molar-refractivity contribution in [1.82, 2.24) is 9.55 Å². The number of aromatic carboxylic acids is 1. The Morgan fingerprint density at radius 2 is 1.80 bits per heavy atom. The summed E-state index contributed by atoms with van der Waals surface area (Å²) in [6.45, 7) is 0. The van der Waals surface area contributed by atoms with Crippen molar-refractivity contribution in [2.75, 3.05) is 0 Å². The summed E-state index contributed by atoms with van der Waals surface area (Å²) in [6, 6.07) is 10.3. The fourth-order valence-corrected chi connectivity index (χ4v) is 4.64. The van der Waals surface area contributed by atoms with Crippen molar-refractivity contribution < 1.29 is 32.3 Å². The molecule has 35 heavy (non-hydrogen) atoms. The van der Waals surface area contributed by atoms with Crippen molar-refractivity contribution in [2.24, 2.45) is 0 Å². The maximum Gasteiger partial charge on any atom is 0.398 e. The first-order valence-electron chi connectivity index (χ1n) is 10.4. The summed E-state index contributed by atoms with van der Waals surface area (Å²) in [6.07, 6.45) is -2.17. The standard InChI is InChI=1S/C25H15ClF4N2O3/c26-17-4-1-3-16(24(8-9-24)25(28,29)30)20(17)22(33)32-12-15(21-19(32)5-2-10-31-21)14-7-6-13(23(34)35)11-18(14)27/h1-7,10-12H,8-9H2,(H,34,35). The van der Waals surface area contributed by atoms with Crippen molar-refractivity contribution in [2.45, 2.75) is 24.4 Å². The SMILES string of the molecule is O=C(O)c1ccc(-c2cn(C(=O)c3c(Cl)cccc3C3(C(F)(F)F)CC3)c3cccnc23)c(F)c1. The van der Waals surface area contributed by atoms with Gasteiger partial charge in [0, 0.05) is 23.5 Å². The number of carboxylic acids is 1. The molecule has 0 aliphatic heterocycles. The number of fused-ring (bicyclic) bond motifs is 1. The number of hydrogen-bond acceptors (Lipinski definition) is 3. The summed E-state index contributed by atoms with van der Waals surface area (Å²) in [5, 5.41) is 8.97. The van der Waals surface area contributed by atoms with Gasteiger partial charge in [0.25, 0.3) is 5.91 Å². The quantitative estimate of drug-likeness (QED) is 0.324. The number of aromatic nitrogens is 2. The van der Waals surface area contributed by atoms with Crippen LogP contribution in [0.25, 0.3) is 22.2 Å². The molecule has 1 saturated carbocycles. The lowest BCUT2D eigenvalue weighted by Gasteiger charge is -2.23. The number of carboxylic acid groups (broad SMARTS) is 1. The molecule has 0 radical (unpaired) electrons. The van der Waals surface area contributed by atoms with E-state index in [0.29, 0.717) is 0 Å². The number of hydrogen-bond donors (Lipinski definition) is 1. The van der Waals surface area contributed by atoms with Gasteiger partial charge < -0.3 is 5.11 Å². The van der Waals surface area contributed by atoms with E-state index in [1.165, 1.54) is 54.9 Å². The second kappa shape index (κ2) is 7.91. The Bertz CT molecular complexity index is 1520. The van der Waals surface area contributed by atoms with Crippen LogP contribution in [-0.4, -0.2) is 32.7 Å². The molecule has 0 spiro atoms. The molecule has 1 N–H and O–H groups in total. The summed E-state index contributed by atoms with van der Waals surface area (Å²) in [7, 11) is 0. The zero-order chi connectivity index (χ0) is 25.1. The van der Waals surface area contributed by atoms with E-state index in [2.05, 4.69) is 4.98 Å². The van der Waals surface area contributed by atoms with Gasteiger partial charge in [0.1, 0.15) is 5.82 Å². The van der Waals surface area contributed by atoms with Crippen LogP contribution in [0, 0.1) is 5.82 Å². The second-order valence-corrected chi connectivity index (χ2v) is 8.74. The van der Waals surface area contributed by atoms with Gasteiger partial charge in [-0.2, -0.15) is 13.2 Å². The molecule has 178 valence electrons.